The van der Waals surface area contributed by atoms with Gasteiger partial charge in [0.05, 0.1) is 5.69 Å². The number of rotatable bonds is 22. The number of fused-ring (bicyclic) bond motifs is 1. The predicted molar refractivity (Wildman–Crippen MR) is 208 cm³/mol. The smallest absolute Gasteiger partial charge is 0.220 e. The molecule has 4 aromatic heterocycles. The Morgan fingerprint density at radius 2 is 1.26 bits per heavy atom. The maximum atomic E-state index is 12.8. The highest BCUT2D eigenvalue weighted by Crippen LogP contribution is 2.42. The van der Waals surface area contributed by atoms with Crippen LogP contribution in [-0.4, -0.2) is 73.5 Å². The fourth-order valence-electron chi connectivity index (χ4n) is 6.87. The molecule has 0 spiro atoms. The largest absolute Gasteiger partial charge is 0.507 e. The number of hydrogen-bond donors (Lipinski definition) is 3. The first-order valence-corrected chi connectivity index (χ1v) is 19.0. The molecule has 1 amide bonds. The summed E-state index contributed by atoms with van der Waals surface area (Å²) in [6.45, 7) is 5.26. The van der Waals surface area contributed by atoms with Crippen molar-refractivity contribution in [3.05, 3.63) is 149 Å². The van der Waals surface area contributed by atoms with Crippen molar-refractivity contribution < 1.29 is 9.90 Å². The molecular formula is C43H52N8O2. The molecule has 1 unspecified atom stereocenters. The van der Waals surface area contributed by atoms with Crippen molar-refractivity contribution in [2.24, 2.45) is 5.73 Å². The van der Waals surface area contributed by atoms with E-state index in [2.05, 4.69) is 71.5 Å². The zero-order valence-corrected chi connectivity index (χ0v) is 30.6. The fraction of sp³-hybridized carbons (Fsp3) is 0.372. The van der Waals surface area contributed by atoms with Crippen LogP contribution >= 0.6 is 0 Å². The molecule has 0 bridgehead atoms. The molecule has 6 rings (SSSR count). The minimum Gasteiger partial charge on any atom is -0.507 e. The Morgan fingerprint density at radius 1 is 0.698 bits per heavy atom. The van der Waals surface area contributed by atoms with Gasteiger partial charge < -0.3 is 16.2 Å². The van der Waals surface area contributed by atoms with Gasteiger partial charge in [0.1, 0.15) is 5.75 Å². The number of nitrogens with two attached hydrogens (primary N) is 1. The number of carbonyl (C=O) groups excluding carboxylic acids is 1. The topological polar surface area (TPSA) is 133 Å². The van der Waals surface area contributed by atoms with Gasteiger partial charge in [-0.05, 0) is 85.1 Å². The molecule has 1 aliphatic carbocycles. The van der Waals surface area contributed by atoms with Gasteiger partial charge >= 0.3 is 0 Å². The number of nitrogens with one attached hydrogen (secondary N) is 1. The van der Waals surface area contributed by atoms with E-state index in [9.17, 15) is 9.90 Å². The highest BCUT2D eigenvalue weighted by atomic mass is 16.3. The first-order chi connectivity index (χ1) is 26.1. The average molecular weight is 713 g/mol. The lowest BCUT2D eigenvalue weighted by Crippen LogP contribution is -2.30. The Kier molecular flexibility index (Phi) is 14.0. The number of aromatic nitrogens is 4. The van der Waals surface area contributed by atoms with Gasteiger partial charge in [0.25, 0.3) is 0 Å². The van der Waals surface area contributed by atoms with Crippen molar-refractivity contribution in [2.45, 2.75) is 70.5 Å². The SMILES string of the molecule is NCCCCCC(=O)NCc1cc(CN(CCc2ccccn2)CCc2ccccn2)c(O)c(CN(CCc2ccccn2)CC2c3cccnc32)c1. The number of aromatic hydroxyl groups is 1. The maximum Gasteiger partial charge on any atom is 0.220 e. The van der Waals surface area contributed by atoms with E-state index in [1.165, 1.54) is 5.56 Å². The molecule has 1 aromatic carbocycles. The molecule has 4 N–H and O–H groups in total. The molecule has 0 radical (unpaired) electrons. The first kappa shape index (κ1) is 37.7. The van der Waals surface area contributed by atoms with E-state index < -0.39 is 0 Å². The quantitative estimate of drug-likeness (QED) is 0.0787. The van der Waals surface area contributed by atoms with Crippen molar-refractivity contribution in [3.8, 4) is 5.75 Å². The van der Waals surface area contributed by atoms with Crippen LogP contribution in [0.25, 0.3) is 0 Å². The zero-order valence-electron chi connectivity index (χ0n) is 30.6. The van der Waals surface area contributed by atoms with Crippen molar-refractivity contribution in [1.82, 2.24) is 35.1 Å². The summed E-state index contributed by atoms with van der Waals surface area (Å²) in [5.74, 6) is 0.615. The average Bonchev–Trinajstić information content (AvgIpc) is 3.90. The van der Waals surface area contributed by atoms with Crippen LogP contribution in [0.5, 0.6) is 5.75 Å². The normalized spacial score (nSPS) is 13.3. The minimum absolute atomic E-state index is 0.0292. The van der Waals surface area contributed by atoms with Gasteiger partial charge in [-0.2, -0.15) is 0 Å². The fourth-order valence-corrected chi connectivity index (χ4v) is 6.87. The Bertz CT molecular complexity index is 1790. The number of pyridine rings is 4. The lowest BCUT2D eigenvalue weighted by molar-refractivity contribution is -0.121. The van der Waals surface area contributed by atoms with Gasteiger partial charge in [0, 0.05) is 130 Å². The van der Waals surface area contributed by atoms with Crippen LogP contribution in [0.4, 0.5) is 0 Å². The van der Waals surface area contributed by atoms with Gasteiger partial charge in [-0.3, -0.25) is 34.5 Å². The molecule has 1 atom stereocenters. The van der Waals surface area contributed by atoms with E-state index in [4.69, 9.17) is 5.73 Å². The number of amides is 1. The molecule has 10 heteroatoms. The van der Waals surface area contributed by atoms with Gasteiger partial charge in [-0.25, -0.2) is 0 Å². The third kappa shape index (κ3) is 11.7. The van der Waals surface area contributed by atoms with E-state index in [0.29, 0.717) is 38.3 Å². The maximum absolute atomic E-state index is 12.8. The van der Waals surface area contributed by atoms with Crippen molar-refractivity contribution >= 4 is 5.91 Å². The highest BCUT2D eigenvalue weighted by Gasteiger charge is 2.35. The summed E-state index contributed by atoms with van der Waals surface area (Å²) in [4.78, 5) is 35.9. The van der Waals surface area contributed by atoms with Crippen LogP contribution in [0.3, 0.4) is 0 Å². The number of nitrogens with zero attached hydrogens (tertiary/aromatic N) is 6. The summed E-state index contributed by atoms with van der Waals surface area (Å²) >= 11 is 0. The van der Waals surface area contributed by atoms with Crippen LogP contribution in [-0.2, 0) is 43.7 Å². The van der Waals surface area contributed by atoms with Crippen LogP contribution < -0.4 is 11.1 Å². The summed E-state index contributed by atoms with van der Waals surface area (Å²) in [5.41, 5.74) is 13.9. The van der Waals surface area contributed by atoms with Crippen LogP contribution in [0.15, 0.2) is 104 Å². The minimum atomic E-state index is 0.0292. The molecular weight excluding hydrogens is 661 g/mol. The first-order valence-electron chi connectivity index (χ1n) is 19.0. The van der Waals surface area contributed by atoms with Gasteiger partial charge in [-0.1, -0.05) is 30.7 Å². The molecule has 0 fully saturated rings. The Balaban J connectivity index is 1.24. The summed E-state index contributed by atoms with van der Waals surface area (Å²) < 4.78 is 0. The lowest BCUT2D eigenvalue weighted by Gasteiger charge is -2.26. The third-order valence-corrected chi connectivity index (χ3v) is 9.88. The van der Waals surface area contributed by atoms with Crippen LogP contribution in [0.2, 0.25) is 0 Å². The lowest BCUT2D eigenvalue weighted by atomic mass is 10.0. The van der Waals surface area contributed by atoms with E-state index in [-0.39, 0.29) is 11.8 Å². The van der Waals surface area contributed by atoms with E-state index in [1.807, 2.05) is 67.3 Å². The Morgan fingerprint density at radius 3 is 1.79 bits per heavy atom. The third-order valence-electron chi connectivity index (χ3n) is 9.88. The second kappa shape index (κ2) is 19.7. The standard InChI is InChI=1S/C43H52N8O2/c44-19-6-1-2-15-41(52)49-29-33-27-34(30-50(24-16-36-11-3-7-20-45-36)25-17-37-12-4-8-21-46-37)43(53)35(28-33)31-51(26-18-38-13-5-9-22-47-38)32-40-39-14-10-23-48-42(39)40/h3-5,7-14,20-23,27-28,40,53H,1-2,6,15-19,24-26,29-32,44H2,(H,49,52). The predicted octanol–water partition coefficient (Wildman–Crippen LogP) is 5.59. The molecule has 53 heavy (non-hydrogen) atoms. The van der Waals surface area contributed by atoms with E-state index in [0.717, 1.165) is 104 Å². The summed E-state index contributed by atoms with van der Waals surface area (Å²) in [6, 6.07) is 26.3. The molecule has 0 aliphatic heterocycles. The second-order valence-corrected chi connectivity index (χ2v) is 13.9. The Labute approximate surface area is 313 Å². The zero-order chi connectivity index (χ0) is 36.7. The summed E-state index contributed by atoms with van der Waals surface area (Å²) in [6.07, 6.45) is 12.9. The molecule has 276 valence electrons. The van der Waals surface area contributed by atoms with E-state index in [1.54, 1.807) is 0 Å². The number of hydrogen-bond acceptors (Lipinski definition) is 9. The van der Waals surface area contributed by atoms with Crippen LogP contribution in [0, 0.1) is 0 Å². The van der Waals surface area contributed by atoms with Crippen LogP contribution in [0.1, 0.15) is 76.6 Å². The number of phenols is 1. The summed E-state index contributed by atoms with van der Waals surface area (Å²) in [5, 5.41) is 15.2. The summed E-state index contributed by atoms with van der Waals surface area (Å²) in [7, 11) is 0. The molecule has 0 saturated heterocycles. The molecule has 0 saturated carbocycles. The highest BCUT2D eigenvalue weighted by molar-refractivity contribution is 5.75. The molecule has 10 nitrogen and oxygen atoms in total. The van der Waals surface area contributed by atoms with Gasteiger partial charge in [-0.15, -0.1) is 0 Å². The molecule has 5 aromatic rings. The number of carbonyl (C=O) groups is 1. The number of unbranched alkanes of at least 4 members (excludes halogenated alkanes) is 2. The van der Waals surface area contributed by atoms with Gasteiger partial charge in [0.2, 0.25) is 5.91 Å². The van der Waals surface area contributed by atoms with Crippen molar-refractivity contribution in [3.63, 3.8) is 0 Å². The van der Waals surface area contributed by atoms with Gasteiger partial charge in [0.15, 0.2) is 0 Å². The molecule has 4 heterocycles. The number of phenolic OH excluding ortho intramolecular Hbond substituents is 1. The monoisotopic (exact) mass is 712 g/mol. The molecule has 1 aliphatic rings. The Hall–Kier alpha value is -5.03. The second-order valence-electron chi connectivity index (χ2n) is 13.9. The van der Waals surface area contributed by atoms with Crippen molar-refractivity contribution in [1.29, 1.82) is 0 Å². The van der Waals surface area contributed by atoms with E-state index >= 15 is 0 Å². The van der Waals surface area contributed by atoms with Crippen molar-refractivity contribution in [2.75, 3.05) is 32.7 Å². The number of benzene rings is 1.